The second kappa shape index (κ2) is 16.9. The first kappa shape index (κ1) is 41.9. The number of fused-ring (bicyclic) bond motifs is 1. The van der Waals surface area contributed by atoms with Crippen molar-refractivity contribution in [2.75, 3.05) is 40.3 Å². The molecule has 14 nitrogen and oxygen atoms in total. The Balaban J connectivity index is 0.938. The summed E-state index contributed by atoms with van der Waals surface area (Å²) in [7, 11) is -3.73. The largest absolute Gasteiger partial charge is 0.356 e. The normalized spacial score (nSPS) is 18.2. The predicted octanol–water partition coefficient (Wildman–Crippen LogP) is 6.93. The third kappa shape index (κ3) is 9.12. The molecule has 2 aromatic carbocycles. The van der Waals surface area contributed by atoms with Crippen LogP contribution in [0.15, 0.2) is 67.0 Å². The lowest BCUT2D eigenvalue weighted by Gasteiger charge is -2.31. The van der Waals surface area contributed by atoms with Crippen molar-refractivity contribution in [3.63, 3.8) is 0 Å². The summed E-state index contributed by atoms with van der Waals surface area (Å²) in [6, 6.07) is 16.2. The molecule has 17 heteroatoms. The van der Waals surface area contributed by atoms with Crippen LogP contribution in [-0.2, 0) is 42.8 Å². The van der Waals surface area contributed by atoms with Crippen molar-refractivity contribution < 1.29 is 27.2 Å². The lowest BCUT2D eigenvalue weighted by molar-refractivity contribution is -0.136. The Labute approximate surface area is 358 Å². The van der Waals surface area contributed by atoms with Crippen LogP contribution in [0.4, 0.5) is 27.5 Å². The highest BCUT2D eigenvalue weighted by molar-refractivity contribution is 7.92. The molecule has 3 N–H and O–H groups in total. The zero-order valence-electron chi connectivity index (χ0n) is 34.5. The highest BCUT2D eigenvalue weighted by Crippen LogP contribution is 2.42. The minimum Gasteiger partial charge on any atom is -0.356 e. The van der Waals surface area contributed by atoms with Gasteiger partial charge in [-0.05, 0) is 78.8 Å². The molecule has 3 amide bonds. The molecule has 3 aliphatic heterocycles. The zero-order valence-corrected chi connectivity index (χ0v) is 36.1. The number of nitrogens with one attached hydrogen (secondary N) is 3. The van der Waals surface area contributed by atoms with Gasteiger partial charge in [0.05, 0.1) is 44.5 Å². The standard InChI is InChI=1S/C44H48FN9O5S2/c1-5-21-61(58,59)52-33-8-6-7-32(37(33)45)38-39(60-42(51-38)44(2,3)4)34-15-18-46-43(49-34)48-30-11-9-28-24-54(20-16-26(28)22-30)41(57)29-17-19-53(25-29)35-13-10-27(23-47-35)31-12-14-36(55)50-40(31)56/h6-11,13,15,18,22-23,29,31,52H,5,12,14,16-17,19-21,24-25H2,1-4H3,(H,46,48,49)(H,50,55,56)/t29-,31?/m1/s1. The zero-order chi connectivity index (χ0) is 43.1. The number of imide groups is 1. The maximum atomic E-state index is 16.1. The number of aromatic nitrogens is 4. The Morgan fingerprint density at radius 2 is 1.84 bits per heavy atom. The third-order valence-electron chi connectivity index (χ3n) is 11.2. The van der Waals surface area contributed by atoms with Crippen molar-refractivity contribution in [2.45, 2.75) is 77.7 Å². The first-order valence-corrected chi connectivity index (χ1v) is 23.0. The van der Waals surface area contributed by atoms with Gasteiger partial charge in [0.2, 0.25) is 33.7 Å². The van der Waals surface area contributed by atoms with Crippen LogP contribution in [0.1, 0.15) is 81.0 Å². The molecule has 8 rings (SSSR count). The van der Waals surface area contributed by atoms with E-state index in [2.05, 4.69) is 36.3 Å². The van der Waals surface area contributed by atoms with Crippen molar-refractivity contribution in [2.24, 2.45) is 5.92 Å². The van der Waals surface area contributed by atoms with Crippen LogP contribution < -0.4 is 20.3 Å². The lowest BCUT2D eigenvalue weighted by Crippen LogP contribution is -2.40. The van der Waals surface area contributed by atoms with Crippen molar-refractivity contribution in [3.05, 3.63) is 94.5 Å². The minimum atomic E-state index is -3.73. The summed E-state index contributed by atoms with van der Waals surface area (Å²) >= 11 is 1.41. The molecule has 3 aromatic heterocycles. The van der Waals surface area contributed by atoms with Crippen LogP contribution in [0.2, 0.25) is 0 Å². The Morgan fingerprint density at radius 1 is 1.00 bits per heavy atom. The van der Waals surface area contributed by atoms with Crippen LogP contribution in [-0.4, -0.2) is 76.4 Å². The number of thiazole rings is 1. The Morgan fingerprint density at radius 3 is 2.59 bits per heavy atom. The molecular formula is C44H48FN9O5S2. The average Bonchev–Trinajstić information content (AvgIpc) is 3.91. The number of anilines is 4. The Bertz CT molecular complexity index is 2610. The van der Waals surface area contributed by atoms with E-state index in [0.717, 1.165) is 39.6 Å². The molecule has 61 heavy (non-hydrogen) atoms. The molecule has 0 radical (unpaired) electrons. The monoisotopic (exact) mass is 865 g/mol. The lowest BCUT2D eigenvalue weighted by atomic mass is 9.92. The highest BCUT2D eigenvalue weighted by Gasteiger charge is 2.34. The summed E-state index contributed by atoms with van der Waals surface area (Å²) in [5, 5.41) is 6.50. The van der Waals surface area contributed by atoms with Gasteiger partial charge in [0.1, 0.15) is 5.82 Å². The second-order valence-electron chi connectivity index (χ2n) is 16.8. The number of pyridine rings is 1. The summed E-state index contributed by atoms with van der Waals surface area (Å²) in [6.45, 7) is 10.2. The van der Waals surface area contributed by atoms with E-state index >= 15 is 4.39 Å². The molecule has 2 fully saturated rings. The Kier molecular flexibility index (Phi) is 11.6. The minimum absolute atomic E-state index is 0.125. The van der Waals surface area contributed by atoms with E-state index in [1.54, 1.807) is 37.5 Å². The SMILES string of the molecule is CCCS(=O)(=O)Nc1cccc(-c2nc(C(C)(C)C)sc2-c2ccnc(Nc3ccc4c(c3)CCN(C(=O)[C@@H]3CCN(c5ccc(C6CCC(=O)NC6=O)cn5)C3)C4)n2)c1F. The number of hydrogen-bond acceptors (Lipinski definition) is 12. The first-order valence-electron chi connectivity index (χ1n) is 20.5. The number of carbonyl (C=O) groups excluding carboxylic acids is 3. The number of piperidine rings is 1. The molecule has 2 saturated heterocycles. The maximum absolute atomic E-state index is 16.1. The highest BCUT2D eigenvalue weighted by atomic mass is 32.2. The number of benzene rings is 2. The van der Waals surface area contributed by atoms with E-state index < -0.39 is 15.8 Å². The van der Waals surface area contributed by atoms with Crippen LogP contribution in [0.25, 0.3) is 21.8 Å². The van der Waals surface area contributed by atoms with E-state index in [-0.39, 0.29) is 52.0 Å². The molecule has 0 saturated carbocycles. The fourth-order valence-corrected chi connectivity index (χ4v) is 10.2. The van der Waals surface area contributed by atoms with Crippen LogP contribution >= 0.6 is 11.3 Å². The van der Waals surface area contributed by atoms with E-state index in [1.807, 2.05) is 49.9 Å². The molecule has 0 spiro atoms. The predicted molar refractivity (Wildman–Crippen MR) is 233 cm³/mol. The average molecular weight is 866 g/mol. The maximum Gasteiger partial charge on any atom is 0.234 e. The topological polar surface area (TPSA) is 179 Å². The Hall–Kier alpha value is -5.81. The second-order valence-corrected chi connectivity index (χ2v) is 19.6. The summed E-state index contributed by atoms with van der Waals surface area (Å²) in [6.07, 6.45) is 5.93. The van der Waals surface area contributed by atoms with Crippen molar-refractivity contribution in [1.82, 2.24) is 30.2 Å². The molecule has 3 aliphatic rings. The van der Waals surface area contributed by atoms with Gasteiger partial charge in [-0.1, -0.05) is 45.9 Å². The number of carbonyl (C=O) groups is 3. The van der Waals surface area contributed by atoms with Crippen LogP contribution in [0, 0.1) is 11.7 Å². The third-order valence-corrected chi connectivity index (χ3v) is 14.2. The number of halogens is 1. The van der Waals surface area contributed by atoms with E-state index in [9.17, 15) is 22.8 Å². The number of nitrogens with zero attached hydrogens (tertiary/aromatic N) is 6. The van der Waals surface area contributed by atoms with Gasteiger partial charge in [0.25, 0.3) is 0 Å². The van der Waals surface area contributed by atoms with Gasteiger partial charge in [-0.25, -0.2) is 32.7 Å². The van der Waals surface area contributed by atoms with Gasteiger partial charge >= 0.3 is 0 Å². The number of sulfonamides is 1. The van der Waals surface area contributed by atoms with Gasteiger partial charge in [0.15, 0.2) is 5.82 Å². The first-order chi connectivity index (χ1) is 29.2. The fourth-order valence-electron chi connectivity index (χ4n) is 8.00. The van der Waals surface area contributed by atoms with Gasteiger partial charge in [-0.15, -0.1) is 11.3 Å². The summed E-state index contributed by atoms with van der Waals surface area (Å²) < 4.78 is 43.6. The molecule has 1 unspecified atom stereocenters. The van der Waals surface area contributed by atoms with Crippen LogP contribution in [0.3, 0.4) is 0 Å². The van der Waals surface area contributed by atoms with Crippen molar-refractivity contribution in [3.8, 4) is 21.8 Å². The van der Waals surface area contributed by atoms with Crippen molar-refractivity contribution in [1.29, 1.82) is 0 Å². The van der Waals surface area contributed by atoms with E-state index in [0.29, 0.717) is 74.1 Å². The number of rotatable bonds is 11. The van der Waals surface area contributed by atoms with Crippen LogP contribution in [0.5, 0.6) is 0 Å². The molecule has 0 bridgehead atoms. The van der Waals surface area contributed by atoms with Gasteiger partial charge in [0, 0.05) is 61.7 Å². The van der Waals surface area contributed by atoms with Gasteiger partial charge < -0.3 is 15.1 Å². The summed E-state index contributed by atoms with van der Waals surface area (Å²) in [4.78, 5) is 61.1. The number of amides is 3. The van der Waals surface area contributed by atoms with Gasteiger partial charge in [-0.2, -0.15) is 0 Å². The van der Waals surface area contributed by atoms with E-state index in [1.165, 1.54) is 17.4 Å². The number of hydrogen-bond donors (Lipinski definition) is 3. The van der Waals surface area contributed by atoms with Crippen molar-refractivity contribution >= 4 is 62.2 Å². The molecular weight excluding hydrogens is 818 g/mol. The molecule has 6 heterocycles. The molecule has 0 aliphatic carbocycles. The summed E-state index contributed by atoms with van der Waals surface area (Å²) in [5.41, 5.74) is 4.35. The van der Waals surface area contributed by atoms with E-state index in [4.69, 9.17) is 9.97 Å². The fraction of sp³-hybridized carbons (Fsp3) is 0.386. The molecule has 5 aromatic rings. The molecule has 2 atom stereocenters. The molecule has 318 valence electrons. The smallest absolute Gasteiger partial charge is 0.234 e. The quantitative estimate of drug-likeness (QED) is 0.117. The van der Waals surface area contributed by atoms with Gasteiger partial charge in [-0.3, -0.25) is 24.4 Å². The summed E-state index contributed by atoms with van der Waals surface area (Å²) in [5.74, 6) is -0.681.